The smallest absolute Gasteiger partial charge is 0.194 e. The van der Waals surface area contributed by atoms with E-state index in [1.54, 1.807) is 24.3 Å². The Hall–Kier alpha value is -2.52. The molecule has 0 saturated heterocycles. The van der Waals surface area contributed by atoms with Crippen LogP contribution >= 0.6 is 11.6 Å². The highest BCUT2D eigenvalue weighted by Crippen LogP contribution is 2.11. The number of hydrogen-bond donors (Lipinski definition) is 0. The number of benzene rings is 2. The van der Waals surface area contributed by atoms with Crippen LogP contribution in [0.25, 0.3) is 0 Å². The fourth-order valence-corrected chi connectivity index (χ4v) is 1.78. The first-order chi connectivity index (χ1) is 9.70. The predicted molar refractivity (Wildman–Crippen MR) is 81.9 cm³/mol. The summed E-state index contributed by atoms with van der Waals surface area (Å²) < 4.78 is 0. The maximum absolute atomic E-state index is 11.9. The first kappa shape index (κ1) is 13.9. The molecule has 0 amide bonds. The Morgan fingerprint density at radius 2 is 1.75 bits per heavy atom. The van der Waals surface area contributed by atoms with Gasteiger partial charge < -0.3 is 0 Å². The molecule has 0 bridgehead atoms. The number of ketones is 1. The summed E-state index contributed by atoms with van der Waals surface area (Å²) in [5, 5.41) is 0.669. The van der Waals surface area contributed by atoms with Gasteiger partial charge in [-0.15, -0.1) is 5.73 Å². The van der Waals surface area contributed by atoms with E-state index in [1.807, 2.05) is 24.3 Å². The standard InChI is InChI=1S/C18H11ClO/c1-2-5-18(20)17-7-4-3-6-15(17)11-8-14-9-12-16(19)13-10-14/h3-7,9-10,12-13H,1H2. The number of carbonyl (C=O) groups excluding carboxylic acids is 1. The molecule has 96 valence electrons. The molecule has 0 spiro atoms. The van der Waals surface area contributed by atoms with E-state index < -0.39 is 0 Å². The van der Waals surface area contributed by atoms with Crippen LogP contribution in [0.5, 0.6) is 0 Å². The molecule has 0 fully saturated rings. The van der Waals surface area contributed by atoms with Crippen LogP contribution in [0.15, 0.2) is 66.9 Å². The molecule has 0 N–H and O–H groups in total. The number of hydrogen-bond acceptors (Lipinski definition) is 1. The van der Waals surface area contributed by atoms with E-state index in [0.717, 1.165) is 5.56 Å². The van der Waals surface area contributed by atoms with E-state index in [9.17, 15) is 4.79 Å². The van der Waals surface area contributed by atoms with Gasteiger partial charge in [0, 0.05) is 27.8 Å². The molecule has 0 unspecified atom stereocenters. The van der Waals surface area contributed by atoms with Gasteiger partial charge in [0.1, 0.15) is 0 Å². The topological polar surface area (TPSA) is 17.1 Å². The molecular formula is C18H11ClO. The molecule has 0 aliphatic carbocycles. The third-order valence-electron chi connectivity index (χ3n) is 2.61. The quantitative estimate of drug-likeness (QED) is 0.347. The Labute approximate surface area is 123 Å². The summed E-state index contributed by atoms with van der Waals surface area (Å²) in [6.45, 7) is 3.41. The monoisotopic (exact) mass is 278 g/mol. The maximum Gasteiger partial charge on any atom is 0.194 e. The van der Waals surface area contributed by atoms with Gasteiger partial charge in [-0.2, -0.15) is 0 Å². The predicted octanol–water partition coefficient (Wildman–Crippen LogP) is 4.26. The Morgan fingerprint density at radius 1 is 1.05 bits per heavy atom. The normalized spacial score (nSPS) is 9.05. The third-order valence-corrected chi connectivity index (χ3v) is 2.86. The van der Waals surface area contributed by atoms with Crippen molar-refractivity contribution in [3.05, 3.63) is 88.6 Å². The summed E-state index contributed by atoms with van der Waals surface area (Å²) >= 11 is 5.82. The first-order valence-corrected chi connectivity index (χ1v) is 6.35. The average Bonchev–Trinajstić information content (AvgIpc) is 2.47. The second-order valence-corrected chi connectivity index (χ2v) is 4.45. The van der Waals surface area contributed by atoms with Gasteiger partial charge in [0.05, 0.1) is 0 Å². The van der Waals surface area contributed by atoms with Gasteiger partial charge in [0.25, 0.3) is 0 Å². The Balaban J connectivity index is 2.37. The van der Waals surface area contributed by atoms with Crippen molar-refractivity contribution in [1.29, 1.82) is 0 Å². The molecule has 0 radical (unpaired) electrons. The van der Waals surface area contributed by atoms with E-state index in [-0.39, 0.29) is 5.78 Å². The summed E-state index contributed by atoms with van der Waals surface area (Å²) in [5.74, 6) is 5.87. The highest BCUT2D eigenvalue weighted by molar-refractivity contribution is 6.30. The van der Waals surface area contributed by atoms with E-state index in [0.29, 0.717) is 16.1 Å². The van der Waals surface area contributed by atoms with Crippen LogP contribution < -0.4 is 0 Å². The van der Waals surface area contributed by atoms with Crippen molar-refractivity contribution >= 4 is 17.4 Å². The summed E-state index contributed by atoms with van der Waals surface area (Å²) in [7, 11) is 0. The van der Waals surface area contributed by atoms with Crippen LogP contribution in [-0.2, 0) is 0 Å². The number of carbonyl (C=O) groups is 1. The van der Waals surface area contributed by atoms with Crippen molar-refractivity contribution in [3.8, 4) is 11.8 Å². The van der Waals surface area contributed by atoms with E-state index >= 15 is 0 Å². The Morgan fingerprint density at radius 3 is 2.45 bits per heavy atom. The molecule has 2 rings (SSSR count). The minimum Gasteiger partial charge on any atom is -0.289 e. The van der Waals surface area contributed by atoms with Crippen LogP contribution in [0, 0.1) is 11.8 Å². The number of rotatable bonds is 2. The van der Waals surface area contributed by atoms with Crippen molar-refractivity contribution in [2.75, 3.05) is 0 Å². The van der Waals surface area contributed by atoms with E-state index in [4.69, 9.17) is 11.6 Å². The highest BCUT2D eigenvalue weighted by atomic mass is 35.5. The summed E-state index contributed by atoms with van der Waals surface area (Å²) in [4.78, 5) is 11.9. The molecule has 1 nitrogen and oxygen atoms in total. The zero-order chi connectivity index (χ0) is 14.4. The van der Waals surface area contributed by atoms with Gasteiger partial charge in [-0.1, -0.05) is 42.2 Å². The molecule has 0 atom stereocenters. The second kappa shape index (κ2) is 6.59. The first-order valence-electron chi connectivity index (χ1n) is 5.97. The van der Waals surface area contributed by atoms with Crippen LogP contribution in [-0.4, -0.2) is 5.78 Å². The molecular weight excluding hydrogens is 268 g/mol. The van der Waals surface area contributed by atoms with E-state index in [1.165, 1.54) is 6.08 Å². The summed E-state index contributed by atoms with van der Waals surface area (Å²) in [5.41, 5.74) is 4.56. The fourth-order valence-electron chi connectivity index (χ4n) is 1.65. The lowest BCUT2D eigenvalue weighted by molar-refractivity contribution is 0.104. The van der Waals surface area contributed by atoms with Crippen LogP contribution in [0.3, 0.4) is 0 Å². The van der Waals surface area contributed by atoms with Crippen molar-refractivity contribution in [3.63, 3.8) is 0 Å². The molecule has 0 aliphatic rings. The number of allylic oxidation sites excluding steroid dienone is 1. The molecule has 0 aromatic heterocycles. The zero-order valence-corrected chi connectivity index (χ0v) is 11.4. The average molecular weight is 279 g/mol. The van der Waals surface area contributed by atoms with Crippen LogP contribution in [0.2, 0.25) is 5.02 Å². The van der Waals surface area contributed by atoms with Gasteiger partial charge in [0.2, 0.25) is 0 Å². The lowest BCUT2D eigenvalue weighted by Gasteiger charge is -1.98. The molecule has 2 heteroatoms. The van der Waals surface area contributed by atoms with Crippen molar-refractivity contribution in [1.82, 2.24) is 0 Å². The minimum absolute atomic E-state index is 0.152. The van der Waals surface area contributed by atoms with Gasteiger partial charge in [-0.3, -0.25) is 4.79 Å². The summed E-state index contributed by atoms with van der Waals surface area (Å²) in [6.07, 6.45) is 1.31. The molecule has 0 aliphatic heterocycles. The lowest BCUT2D eigenvalue weighted by Crippen LogP contribution is -1.97. The molecule has 2 aromatic carbocycles. The highest BCUT2D eigenvalue weighted by Gasteiger charge is 2.05. The SMILES string of the molecule is C=C=CC(=O)c1ccccc1C#Cc1ccc(Cl)cc1. The maximum atomic E-state index is 11.9. The number of halogens is 1. The summed E-state index contributed by atoms with van der Waals surface area (Å²) in [6, 6.07) is 14.4. The zero-order valence-electron chi connectivity index (χ0n) is 10.7. The lowest BCUT2D eigenvalue weighted by atomic mass is 10.0. The third kappa shape index (κ3) is 3.49. The van der Waals surface area contributed by atoms with Gasteiger partial charge in [-0.25, -0.2) is 0 Å². The second-order valence-electron chi connectivity index (χ2n) is 4.02. The Bertz CT molecular complexity index is 739. The van der Waals surface area contributed by atoms with Gasteiger partial charge in [0.15, 0.2) is 5.78 Å². The molecule has 0 saturated carbocycles. The fraction of sp³-hybridized carbons (Fsp3) is 0. The van der Waals surface area contributed by atoms with Crippen LogP contribution in [0.4, 0.5) is 0 Å². The largest absolute Gasteiger partial charge is 0.289 e. The molecule has 20 heavy (non-hydrogen) atoms. The van der Waals surface area contributed by atoms with Crippen molar-refractivity contribution in [2.24, 2.45) is 0 Å². The van der Waals surface area contributed by atoms with Crippen molar-refractivity contribution < 1.29 is 4.79 Å². The van der Waals surface area contributed by atoms with Crippen molar-refractivity contribution in [2.45, 2.75) is 0 Å². The van der Waals surface area contributed by atoms with Gasteiger partial charge in [-0.05, 0) is 36.4 Å². The minimum atomic E-state index is -0.152. The molecule has 0 heterocycles. The van der Waals surface area contributed by atoms with Crippen LogP contribution in [0.1, 0.15) is 21.5 Å². The Kier molecular flexibility index (Phi) is 4.58. The van der Waals surface area contributed by atoms with E-state index in [2.05, 4.69) is 24.2 Å². The van der Waals surface area contributed by atoms with Gasteiger partial charge >= 0.3 is 0 Å². The molecule has 2 aromatic rings.